The van der Waals surface area contributed by atoms with Crippen LogP contribution in [0.5, 0.6) is 0 Å². The summed E-state index contributed by atoms with van der Waals surface area (Å²) in [5.74, 6) is -0.155. The second kappa shape index (κ2) is 5.61. The average molecular weight is 236 g/mol. The molecule has 1 N–H and O–H groups in total. The van der Waals surface area contributed by atoms with E-state index in [2.05, 4.69) is 24.1 Å². The fourth-order valence-electron chi connectivity index (χ4n) is 2.63. The number of hydrogen-bond acceptors (Lipinski definition) is 2. The van der Waals surface area contributed by atoms with E-state index in [0.717, 1.165) is 26.1 Å². The highest BCUT2D eigenvalue weighted by molar-refractivity contribution is 5.20. The van der Waals surface area contributed by atoms with Crippen molar-refractivity contribution in [2.45, 2.75) is 32.4 Å². The third-order valence-corrected chi connectivity index (χ3v) is 3.48. The normalized spacial score (nSPS) is 23.6. The number of hydrogen-bond donors (Lipinski definition) is 1. The summed E-state index contributed by atoms with van der Waals surface area (Å²) < 4.78 is 12.9. The van der Waals surface area contributed by atoms with Crippen molar-refractivity contribution in [3.63, 3.8) is 0 Å². The fourth-order valence-corrected chi connectivity index (χ4v) is 2.63. The summed E-state index contributed by atoms with van der Waals surface area (Å²) >= 11 is 0. The van der Waals surface area contributed by atoms with E-state index in [9.17, 15) is 4.39 Å². The van der Waals surface area contributed by atoms with E-state index in [0.29, 0.717) is 12.1 Å². The van der Waals surface area contributed by atoms with Crippen LogP contribution in [0.15, 0.2) is 24.3 Å². The van der Waals surface area contributed by atoms with E-state index < -0.39 is 0 Å². The first-order valence-corrected chi connectivity index (χ1v) is 6.43. The molecule has 2 nitrogen and oxygen atoms in total. The molecule has 1 aromatic rings. The van der Waals surface area contributed by atoms with Crippen molar-refractivity contribution in [2.75, 3.05) is 19.6 Å². The van der Waals surface area contributed by atoms with Gasteiger partial charge < -0.3 is 5.32 Å². The Morgan fingerprint density at radius 3 is 2.71 bits per heavy atom. The molecule has 0 radical (unpaired) electrons. The molecule has 2 unspecified atom stereocenters. The molecule has 0 aliphatic carbocycles. The maximum absolute atomic E-state index is 12.9. The molecular weight excluding hydrogens is 215 g/mol. The van der Waals surface area contributed by atoms with Gasteiger partial charge in [0.1, 0.15) is 5.82 Å². The molecule has 0 aromatic heterocycles. The Morgan fingerprint density at radius 1 is 1.41 bits per heavy atom. The monoisotopic (exact) mass is 236 g/mol. The van der Waals surface area contributed by atoms with Gasteiger partial charge in [-0.1, -0.05) is 19.1 Å². The Morgan fingerprint density at radius 2 is 2.12 bits per heavy atom. The second-order valence-electron chi connectivity index (χ2n) is 4.83. The van der Waals surface area contributed by atoms with Gasteiger partial charge in [-0.3, -0.25) is 4.90 Å². The van der Waals surface area contributed by atoms with Crippen molar-refractivity contribution in [1.82, 2.24) is 10.2 Å². The van der Waals surface area contributed by atoms with Crippen molar-refractivity contribution in [3.8, 4) is 0 Å². The van der Waals surface area contributed by atoms with Crippen LogP contribution in [0.25, 0.3) is 0 Å². The average Bonchev–Trinajstić information content (AvgIpc) is 2.33. The number of halogens is 1. The van der Waals surface area contributed by atoms with E-state index in [1.165, 1.54) is 5.56 Å². The lowest BCUT2D eigenvalue weighted by Gasteiger charge is -2.37. The van der Waals surface area contributed by atoms with Gasteiger partial charge in [0.2, 0.25) is 0 Å². The Balaban J connectivity index is 2.12. The highest BCUT2D eigenvalue weighted by Gasteiger charge is 2.23. The molecule has 94 valence electrons. The third-order valence-electron chi connectivity index (χ3n) is 3.48. The van der Waals surface area contributed by atoms with Gasteiger partial charge in [-0.05, 0) is 31.0 Å². The minimum absolute atomic E-state index is 0.155. The minimum Gasteiger partial charge on any atom is -0.312 e. The molecule has 0 spiro atoms. The molecule has 0 amide bonds. The zero-order valence-electron chi connectivity index (χ0n) is 10.6. The molecule has 1 aromatic carbocycles. The molecule has 1 aliphatic heterocycles. The zero-order valence-corrected chi connectivity index (χ0v) is 10.6. The Hall–Kier alpha value is -0.930. The number of piperazine rings is 1. The van der Waals surface area contributed by atoms with E-state index in [4.69, 9.17) is 0 Å². The first kappa shape index (κ1) is 12.5. The van der Waals surface area contributed by atoms with Crippen molar-refractivity contribution >= 4 is 0 Å². The topological polar surface area (TPSA) is 15.3 Å². The third kappa shape index (κ3) is 3.05. The van der Waals surface area contributed by atoms with Gasteiger partial charge in [0, 0.05) is 31.7 Å². The van der Waals surface area contributed by atoms with Crippen LogP contribution in [0.4, 0.5) is 4.39 Å². The Labute approximate surface area is 103 Å². The first-order chi connectivity index (χ1) is 8.20. The Bertz CT molecular complexity index is 350. The van der Waals surface area contributed by atoms with Crippen LogP contribution < -0.4 is 5.32 Å². The van der Waals surface area contributed by atoms with Crippen LogP contribution in [0.2, 0.25) is 0 Å². The van der Waals surface area contributed by atoms with Crippen molar-refractivity contribution in [1.29, 1.82) is 0 Å². The maximum atomic E-state index is 12.9. The van der Waals surface area contributed by atoms with Gasteiger partial charge in [-0.2, -0.15) is 0 Å². The summed E-state index contributed by atoms with van der Waals surface area (Å²) in [4.78, 5) is 2.49. The maximum Gasteiger partial charge on any atom is 0.123 e. The van der Waals surface area contributed by atoms with Crippen LogP contribution in [0.3, 0.4) is 0 Å². The van der Waals surface area contributed by atoms with E-state index in [1.807, 2.05) is 12.1 Å². The summed E-state index contributed by atoms with van der Waals surface area (Å²) in [6, 6.07) is 7.90. The van der Waals surface area contributed by atoms with Crippen molar-refractivity contribution < 1.29 is 4.39 Å². The predicted molar refractivity (Wildman–Crippen MR) is 68.5 cm³/mol. The second-order valence-corrected chi connectivity index (χ2v) is 4.83. The predicted octanol–water partition coefficient (Wildman–Crippen LogP) is 2.57. The van der Waals surface area contributed by atoms with Crippen molar-refractivity contribution in [2.24, 2.45) is 0 Å². The van der Waals surface area contributed by atoms with Crippen LogP contribution in [0.1, 0.15) is 31.9 Å². The van der Waals surface area contributed by atoms with Crippen molar-refractivity contribution in [3.05, 3.63) is 35.6 Å². The lowest BCUT2D eigenvalue weighted by molar-refractivity contribution is 0.145. The van der Waals surface area contributed by atoms with Gasteiger partial charge in [0.05, 0.1) is 0 Å². The van der Waals surface area contributed by atoms with Gasteiger partial charge in [0.15, 0.2) is 0 Å². The smallest absolute Gasteiger partial charge is 0.123 e. The van der Waals surface area contributed by atoms with Gasteiger partial charge in [0.25, 0.3) is 0 Å². The van der Waals surface area contributed by atoms with Gasteiger partial charge in [-0.15, -0.1) is 0 Å². The number of nitrogens with one attached hydrogen (secondary N) is 1. The standard InChI is InChI=1S/C14H21FN2/c1-3-14(12-4-6-13(15)7-5-12)17-9-8-16-11(2)10-17/h4-7,11,14,16H,3,8-10H2,1-2H3. The molecule has 1 saturated heterocycles. The summed E-state index contributed by atoms with van der Waals surface area (Å²) in [6.45, 7) is 7.58. The van der Waals surface area contributed by atoms with E-state index in [-0.39, 0.29) is 5.82 Å². The lowest BCUT2D eigenvalue weighted by Crippen LogP contribution is -2.50. The molecule has 3 heteroatoms. The molecule has 2 rings (SSSR count). The molecule has 17 heavy (non-hydrogen) atoms. The van der Waals surface area contributed by atoms with Crippen LogP contribution >= 0.6 is 0 Å². The first-order valence-electron chi connectivity index (χ1n) is 6.43. The van der Waals surface area contributed by atoms with E-state index in [1.54, 1.807) is 12.1 Å². The molecule has 0 saturated carbocycles. The largest absolute Gasteiger partial charge is 0.312 e. The van der Waals surface area contributed by atoms with E-state index >= 15 is 0 Å². The highest BCUT2D eigenvalue weighted by atomic mass is 19.1. The molecule has 0 bridgehead atoms. The van der Waals surface area contributed by atoms with Gasteiger partial charge >= 0.3 is 0 Å². The summed E-state index contributed by atoms with van der Waals surface area (Å²) in [6.07, 6.45) is 1.07. The van der Waals surface area contributed by atoms with Crippen LogP contribution in [-0.2, 0) is 0 Å². The Kier molecular flexibility index (Phi) is 4.13. The highest BCUT2D eigenvalue weighted by Crippen LogP contribution is 2.25. The minimum atomic E-state index is -0.155. The molecule has 1 aliphatic rings. The molecule has 2 atom stereocenters. The lowest BCUT2D eigenvalue weighted by atomic mass is 10.0. The number of benzene rings is 1. The number of nitrogens with zero attached hydrogens (tertiary/aromatic N) is 1. The zero-order chi connectivity index (χ0) is 12.3. The fraction of sp³-hybridized carbons (Fsp3) is 0.571. The van der Waals surface area contributed by atoms with Gasteiger partial charge in [-0.25, -0.2) is 4.39 Å². The van der Waals surface area contributed by atoms with Crippen LogP contribution in [-0.4, -0.2) is 30.6 Å². The quantitative estimate of drug-likeness (QED) is 0.867. The summed E-state index contributed by atoms with van der Waals surface area (Å²) in [5.41, 5.74) is 1.23. The van der Waals surface area contributed by atoms with Crippen LogP contribution in [0, 0.1) is 5.82 Å². The SMILES string of the molecule is CCC(c1ccc(F)cc1)N1CCNC(C)C1. The molecular formula is C14H21FN2. The number of rotatable bonds is 3. The summed E-state index contributed by atoms with van der Waals surface area (Å²) in [5, 5.41) is 3.45. The summed E-state index contributed by atoms with van der Waals surface area (Å²) in [7, 11) is 0. The molecule has 1 heterocycles. The molecule has 1 fully saturated rings.